The molecule has 0 fully saturated rings. The van der Waals surface area contributed by atoms with Gasteiger partial charge in [0.25, 0.3) is 10.1 Å². The third-order valence-corrected chi connectivity index (χ3v) is 1.25. The van der Waals surface area contributed by atoms with E-state index in [1.165, 1.54) is 0 Å². The van der Waals surface area contributed by atoms with Gasteiger partial charge in [-0.15, -0.1) is 0 Å². The Morgan fingerprint density at radius 3 is 1.80 bits per heavy atom. The van der Waals surface area contributed by atoms with Crippen molar-refractivity contribution in [2.45, 2.75) is 20.8 Å². The summed E-state index contributed by atoms with van der Waals surface area (Å²) in [5.41, 5.74) is -0.0942. The Bertz CT molecular complexity index is 186. The minimum absolute atomic E-state index is 0.0942. The highest BCUT2D eigenvalue weighted by molar-refractivity contribution is 7.85. The molecule has 0 N–H and O–H groups in total. The molecule has 0 atom stereocenters. The molecular formula is C6H14O3S. The molecule has 3 nitrogen and oxygen atoms in total. The van der Waals surface area contributed by atoms with Crippen LogP contribution < -0.4 is 0 Å². The van der Waals surface area contributed by atoms with Crippen molar-refractivity contribution in [3.05, 3.63) is 0 Å². The standard InChI is InChI=1S/C6H14O3S/c1-6(2,3)5-9-10(4,7)8/h5H2,1-4H3. The van der Waals surface area contributed by atoms with Gasteiger partial charge in [0.15, 0.2) is 0 Å². The quantitative estimate of drug-likeness (QED) is 0.575. The molecule has 0 amide bonds. The third kappa shape index (κ3) is 7.91. The molecular weight excluding hydrogens is 152 g/mol. The number of hydrogen-bond donors (Lipinski definition) is 0. The Morgan fingerprint density at radius 1 is 1.30 bits per heavy atom. The van der Waals surface area contributed by atoms with Gasteiger partial charge in [-0.05, 0) is 5.41 Å². The molecule has 0 spiro atoms. The van der Waals surface area contributed by atoms with Crippen LogP contribution in [0.25, 0.3) is 0 Å². The van der Waals surface area contributed by atoms with Gasteiger partial charge in [0, 0.05) is 0 Å². The van der Waals surface area contributed by atoms with Crippen LogP contribution in [0.15, 0.2) is 0 Å². The van der Waals surface area contributed by atoms with Crippen molar-refractivity contribution in [1.82, 2.24) is 0 Å². The molecule has 0 radical (unpaired) electrons. The maximum absolute atomic E-state index is 10.5. The van der Waals surface area contributed by atoms with E-state index in [2.05, 4.69) is 4.18 Å². The molecule has 0 heterocycles. The Labute approximate surface area is 62.5 Å². The van der Waals surface area contributed by atoms with Crippen molar-refractivity contribution < 1.29 is 12.6 Å². The first-order valence-corrected chi connectivity index (χ1v) is 4.87. The van der Waals surface area contributed by atoms with Gasteiger partial charge >= 0.3 is 0 Å². The van der Waals surface area contributed by atoms with Crippen LogP contribution in [0.4, 0.5) is 0 Å². The van der Waals surface area contributed by atoms with Crippen LogP contribution in [0.5, 0.6) is 0 Å². The van der Waals surface area contributed by atoms with Crippen molar-refractivity contribution in [3.8, 4) is 0 Å². The summed E-state index contributed by atoms with van der Waals surface area (Å²) in [6.07, 6.45) is 1.05. The Kier molecular flexibility index (Phi) is 2.86. The summed E-state index contributed by atoms with van der Waals surface area (Å²) in [6.45, 7) is 5.99. The van der Waals surface area contributed by atoms with Crippen molar-refractivity contribution in [2.24, 2.45) is 5.41 Å². The van der Waals surface area contributed by atoms with Crippen molar-refractivity contribution >= 4 is 10.1 Å². The molecule has 0 bridgehead atoms. The lowest BCUT2D eigenvalue weighted by atomic mass is 9.99. The topological polar surface area (TPSA) is 43.4 Å². The summed E-state index contributed by atoms with van der Waals surface area (Å²) in [5, 5.41) is 0. The smallest absolute Gasteiger partial charge is 0.264 e. The number of hydrogen-bond acceptors (Lipinski definition) is 3. The van der Waals surface area contributed by atoms with Crippen molar-refractivity contribution in [2.75, 3.05) is 12.9 Å². The zero-order valence-corrected chi connectivity index (χ0v) is 7.66. The summed E-state index contributed by atoms with van der Waals surface area (Å²) in [6, 6.07) is 0. The molecule has 0 aliphatic heterocycles. The van der Waals surface area contributed by atoms with Crippen LogP contribution in [0.1, 0.15) is 20.8 Å². The van der Waals surface area contributed by atoms with Crippen LogP contribution in [-0.4, -0.2) is 21.3 Å². The fourth-order valence-corrected chi connectivity index (χ4v) is 0.851. The fraction of sp³-hybridized carbons (Fsp3) is 1.00. The van der Waals surface area contributed by atoms with Gasteiger partial charge in [-0.3, -0.25) is 4.18 Å². The van der Waals surface area contributed by atoms with Gasteiger partial charge in [-0.2, -0.15) is 8.42 Å². The molecule has 0 rings (SSSR count). The second kappa shape index (κ2) is 2.88. The maximum atomic E-state index is 10.5. The van der Waals surface area contributed by atoms with E-state index in [0.717, 1.165) is 6.26 Å². The van der Waals surface area contributed by atoms with Gasteiger partial charge in [0.2, 0.25) is 0 Å². The maximum Gasteiger partial charge on any atom is 0.264 e. The first-order chi connectivity index (χ1) is 4.21. The normalized spacial score (nSPS) is 13.6. The summed E-state index contributed by atoms with van der Waals surface area (Å²) >= 11 is 0. The van der Waals surface area contributed by atoms with E-state index < -0.39 is 10.1 Å². The van der Waals surface area contributed by atoms with Gasteiger partial charge in [0.05, 0.1) is 12.9 Å². The number of rotatable bonds is 2. The lowest BCUT2D eigenvalue weighted by Crippen LogP contribution is -2.17. The van der Waals surface area contributed by atoms with Crippen LogP contribution in [0.3, 0.4) is 0 Å². The van der Waals surface area contributed by atoms with Gasteiger partial charge in [0.1, 0.15) is 0 Å². The molecule has 4 heteroatoms. The van der Waals surface area contributed by atoms with E-state index in [1.807, 2.05) is 20.8 Å². The molecule has 0 aromatic carbocycles. The van der Waals surface area contributed by atoms with E-state index in [0.29, 0.717) is 0 Å². The minimum Gasteiger partial charge on any atom is -0.270 e. The third-order valence-electron chi connectivity index (χ3n) is 0.706. The first-order valence-electron chi connectivity index (χ1n) is 3.05. The summed E-state index contributed by atoms with van der Waals surface area (Å²) in [7, 11) is -3.26. The van der Waals surface area contributed by atoms with Crippen molar-refractivity contribution in [1.29, 1.82) is 0 Å². The van der Waals surface area contributed by atoms with Crippen LogP contribution in [0.2, 0.25) is 0 Å². The van der Waals surface area contributed by atoms with E-state index in [9.17, 15) is 8.42 Å². The average molecular weight is 166 g/mol. The Morgan fingerprint density at radius 2 is 1.70 bits per heavy atom. The molecule has 62 valence electrons. The highest BCUT2D eigenvalue weighted by Crippen LogP contribution is 2.13. The predicted molar refractivity (Wildman–Crippen MR) is 40.3 cm³/mol. The SMILES string of the molecule is CC(C)(C)COS(C)(=O)=O. The molecule has 0 saturated carbocycles. The summed E-state index contributed by atoms with van der Waals surface area (Å²) < 4.78 is 25.5. The average Bonchev–Trinajstić information content (AvgIpc) is 1.57. The first kappa shape index (κ1) is 9.91. The Balaban J connectivity index is 3.79. The largest absolute Gasteiger partial charge is 0.270 e. The fourth-order valence-electron chi connectivity index (χ4n) is 0.284. The van der Waals surface area contributed by atoms with E-state index in [4.69, 9.17) is 0 Å². The lowest BCUT2D eigenvalue weighted by Gasteiger charge is -2.16. The van der Waals surface area contributed by atoms with E-state index >= 15 is 0 Å². The zero-order chi connectivity index (χ0) is 8.41. The molecule has 0 aliphatic carbocycles. The zero-order valence-electron chi connectivity index (χ0n) is 6.84. The van der Waals surface area contributed by atoms with Gasteiger partial charge in [-0.1, -0.05) is 20.8 Å². The van der Waals surface area contributed by atoms with Crippen LogP contribution >= 0.6 is 0 Å². The second-order valence-corrected chi connectivity index (χ2v) is 5.17. The minimum atomic E-state index is -3.26. The Hall–Kier alpha value is -0.0900. The van der Waals surface area contributed by atoms with Crippen molar-refractivity contribution in [3.63, 3.8) is 0 Å². The molecule has 10 heavy (non-hydrogen) atoms. The predicted octanol–water partition coefficient (Wildman–Crippen LogP) is 1.01. The van der Waals surface area contributed by atoms with Crippen LogP contribution in [0, 0.1) is 5.41 Å². The van der Waals surface area contributed by atoms with Gasteiger partial charge < -0.3 is 0 Å². The highest BCUT2D eigenvalue weighted by Gasteiger charge is 2.13. The molecule has 0 aromatic heterocycles. The van der Waals surface area contributed by atoms with Crippen LogP contribution in [-0.2, 0) is 14.3 Å². The van der Waals surface area contributed by atoms with E-state index in [1.54, 1.807) is 0 Å². The summed E-state index contributed by atoms with van der Waals surface area (Å²) in [4.78, 5) is 0. The second-order valence-electron chi connectivity index (χ2n) is 3.53. The highest BCUT2D eigenvalue weighted by atomic mass is 32.2. The molecule has 0 aliphatic rings. The van der Waals surface area contributed by atoms with E-state index in [-0.39, 0.29) is 12.0 Å². The van der Waals surface area contributed by atoms with Gasteiger partial charge in [-0.25, -0.2) is 0 Å². The molecule has 0 unspecified atom stereocenters. The lowest BCUT2D eigenvalue weighted by molar-refractivity contribution is 0.205. The molecule has 0 saturated heterocycles. The molecule has 0 aromatic rings. The monoisotopic (exact) mass is 166 g/mol. The summed E-state index contributed by atoms with van der Waals surface area (Å²) in [5.74, 6) is 0.